The third kappa shape index (κ3) is 4.69. The van der Waals surface area contributed by atoms with Gasteiger partial charge in [-0.1, -0.05) is 11.6 Å². The summed E-state index contributed by atoms with van der Waals surface area (Å²) in [5, 5.41) is 0.584. The summed E-state index contributed by atoms with van der Waals surface area (Å²) >= 11 is 6.25. The number of nitrogens with one attached hydrogen (secondary N) is 1. The lowest BCUT2D eigenvalue weighted by Crippen LogP contribution is -2.44. The first-order chi connectivity index (χ1) is 13.8. The van der Waals surface area contributed by atoms with Crippen LogP contribution in [0.15, 0.2) is 41.3 Å². The minimum atomic E-state index is -3.71. The van der Waals surface area contributed by atoms with E-state index in [1.165, 1.54) is 0 Å². The summed E-state index contributed by atoms with van der Waals surface area (Å²) in [6.07, 6.45) is 1.32. The number of halogens is 1. The highest BCUT2D eigenvalue weighted by molar-refractivity contribution is 7.89. The normalized spacial score (nSPS) is 16.4. The summed E-state index contributed by atoms with van der Waals surface area (Å²) in [6, 6.07) is 10.4. The lowest BCUT2D eigenvalue weighted by molar-refractivity contribution is 0.0509. The first kappa shape index (κ1) is 21.9. The summed E-state index contributed by atoms with van der Waals surface area (Å²) in [5.74, 6) is 1.31. The second kappa shape index (κ2) is 8.92. The Hall–Kier alpha value is -1.80. The lowest BCUT2D eigenvalue weighted by atomic mass is 9.74. The Labute approximate surface area is 177 Å². The molecule has 2 aromatic rings. The molecule has 1 aliphatic rings. The van der Waals surface area contributed by atoms with Crippen LogP contribution in [0.25, 0.3) is 0 Å². The van der Waals surface area contributed by atoms with E-state index in [0.717, 1.165) is 5.56 Å². The number of benzene rings is 2. The van der Waals surface area contributed by atoms with Crippen molar-refractivity contribution in [1.29, 1.82) is 0 Å². The van der Waals surface area contributed by atoms with Crippen molar-refractivity contribution in [3.63, 3.8) is 0 Å². The number of methoxy groups -OCH3 is 2. The van der Waals surface area contributed by atoms with Gasteiger partial charge in [-0.25, -0.2) is 13.1 Å². The van der Waals surface area contributed by atoms with Crippen LogP contribution in [0.5, 0.6) is 11.5 Å². The van der Waals surface area contributed by atoms with Crippen LogP contribution >= 0.6 is 11.6 Å². The van der Waals surface area contributed by atoms with Crippen molar-refractivity contribution in [3.05, 3.63) is 52.5 Å². The van der Waals surface area contributed by atoms with Gasteiger partial charge in [0.05, 0.1) is 19.1 Å². The molecule has 0 amide bonds. The van der Waals surface area contributed by atoms with Gasteiger partial charge in [0.2, 0.25) is 10.0 Å². The number of hydrogen-bond acceptors (Lipinski definition) is 5. The molecule has 1 fully saturated rings. The molecule has 2 aromatic carbocycles. The molecule has 158 valence electrons. The maximum absolute atomic E-state index is 13.0. The molecule has 8 heteroatoms. The molecule has 29 heavy (non-hydrogen) atoms. The molecule has 1 N–H and O–H groups in total. The Morgan fingerprint density at radius 1 is 1.10 bits per heavy atom. The van der Waals surface area contributed by atoms with Gasteiger partial charge >= 0.3 is 0 Å². The van der Waals surface area contributed by atoms with Crippen molar-refractivity contribution < 1.29 is 22.6 Å². The molecule has 3 rings (SSSR count). The third-order valence-electron chi connectivity index (χ3n) is 5.45. The highest BCUT2D eigenvalue weighted by Crippen LogP contribution is 2.41. The molecule has 0 aromatic heterocycles. The molecular weight excluding hydrogens is 414 g/mol. The molecule has 1 saturated heterocycles. The maximum atomic E-state index is 13.0. The summed E-state index contributed by atoms with van der Waals surface area (Å²) in [4.78, 5) is 0.235. The van der Waals surface area contributed by atoms with Gasteiger partial charge in [0.1, 0.15) is 11.5 Å². The van der Waals surface area contributed by atoms with E-state index >= 15 is 0 Å². The zero-order valence-electron chi connectivity index (χ0n) is 16.8. The van der Waals surface area contributed by atoms with Crippen molar-refractivity contribution in [2.24, 2.45) is 0 Å². The van der Waals surface area contributed by atoms with Crippen LogP contribution in [0.4, 0.5) is 0 Å². The summed E-state index contributed by atoms with van der Waals surface area (Å²) in [7, 11) is -0.559. The van der Waals surface area contributed by atoms with Gasteiger partial charge in [0.25, 0.3) is 0 Å². The van der Waals surface area contributed by atoms with Gasteiger partial charge in [0.15, 0.2) is 0 Å². The van der Waals surface area contributed by atoms with Crippen LogP contribution < -0.4 is 14.2 Å². The topological polar surface area (TPSA) is 73.9 Å². The van der Waals surface area contributed by atoms with Crippen LogP contribution in [0.1, 0.15) is 24.0 Å². The fourth-order valence-corrected chi connectivity index (χ4v) is 5.28. The van der Waals surface area contributed by atoms with Crippen LogP contribution in [0, 0.1) is 6.92 Å². The fraction of sp³-hybridized carbons (Fsp3) is 0.429. The molecule has 0 atom stereocenters. The Morgan fingerprint density at radius 2 is 1.83 bits per heavy atom. The highest BCUT2D eigenvalue weighted by Gasteiger charge is 2.38. The van der Waals surface area contributed by atoms with Crippen LogP contribution in [0.2, 0.25) is 5.02 Å². The van der Waals surface area contributed by atoms with Gasteiger partial charge in [0, 0.05) is 35.8 Å². The Morgan fingerprint density at radius 3 is 2.45 bits per heavy atom. The first-order valence-corrected chi connectivity index (χ1v) is 11.2. The van der Waals surface area contributed by atoms with E-state index in [4.69, 9.17) is 25.8 Å². The summed E-state index contributed by atoms with van der Waals surface area (Å²) in [6.45, 7) is 3.06. The van der Waals surface area contributed by atoms with Crippen LogP contribution in [-0.2, 0) is 20.2 Å². The zero-order valence-corrected chi connectivity index (χ0v) is 18.4. The second-order valence-electron chi connectivity index (χ2n) is 7.19. The van der Waals surface area contributed by atoms with Crippen molar-refractivity contribution >= 4 is 21.6 Å². The number of ether oxygens (including phenoxy) is 3. The predicted octanol–water partition coefficient (Wildman–Crippen LogP) is 3.69. The number of rotatable bonds is 7. The van der Waals surface area contributed by atoms with Crippen LogP contribution in [-0.4, -0.2) is 42.4 Å². The zero-order chi connectivity index (χ0) is 21.1. The fourth-order valence-electron chi connectivity index (χ4n) is 3.76. The quantitative estimate of drug-likeness (QED) is 0.712. The van der Waals surface area contributed by atoms with E-state index in [1.807, 2.05) is 12.1 Å². The minimum absolute atomic E-state index is 0.223. The van der Waals surface area contributed by atoms with Crippen molar-refractivity contribution in [2.75, 3.05) is 34.0 Å². The van der Waals surface area contributed by atoms with E-state index in [1.54, 1.807) is 45.4 Å². The minimum Gasteiger partial charge on any atom is -0.497 e. The lowest BCUT2D eigenvalue weighted by Gasteiger charge is -2.38. The van der Waals surface area contributed by atoms with Crippen LogP contribution in [0.3, 0.4) is 0 Å². The van der Waals surface area contributed by atoms with E-state index in [2.05, 4.69) is 4.72 Å². The molecule has 6 nitrogen and oxygen atoms in total. The first-order valence-electron chi connectivity index (χ1n) is 9.37. The molecule has 0 saturated carbocycles. The van der Waals surface area contributed by atoms with E-state index in [0.29, 0.717) is 48.1 Å². The molecule has 1 heterocycles. The third-order valence-corrected chi connectivity index (χ3v) is 7.25. The van der Waals surface area contributed by atoms with Crippen molar-refractivity contribution in [1.82, 2.24) is 4.72 Å². The SMILES string of the molecule is COc1ccc(S(=O)(=O)NCC2(c3cc(Cl)ccc3OC)CCOCC2)c(C)c1. The van der Waals surface area contributed by atoms with Gasteiger partial charge < -0.3 is 14.2 Å². The maximum Gasteiger partial charge on any atom is 0.240 e. The van der Waals surface area contributed by atoms with Crippen molar-refractivity contribution in [2.45, 2.75) is 30.1 Å². The molecule has 0 unspecified atom stereocenters. The van der Waals surface area contributed by atoms with E-state index < -0.39 is 15.4 Å². The molecule has 0 radical (unpaired) electrons. The average Bonchev–Trinajstić information content (AvgIpc) is 2.72. The van der Waals surface area contributed by atoms with E-state index in [-0.39, 0.29) is 11.4 Å². The Balaban J connectivity index is 1.93. The van der Waals surface area contributed by atoms with Gasteiger partial charge in [-0.05, 0) is 61.7 Å². The number of sulfonamides is 1. The standard InChI is InChI=1S/C21H26ClNO5S/c1-15-12-17(26-2)5-7-20(15)29(24,25)23-14-21(8-10-28-11-9-21)18-13-16(22)4-6-19(18)27-3/h4-7,12-13,23H,8-11,14H2,1-3H3. The predicted molar refractivity (Wildman–Crippen MR) is 113 cm³/mol. The molecule has 0 bridgehead atoms. The van der Waals surface area contributed by atoms with Gasteiger partial charge in [-0.15, -0.1) is 0 Å². The average molecular weight is 440 g/mol. The molecular formula is C21H26ClNO5S. The molecule has 0 aliphatic carbocycles. The Bertz CT molecular complexity index is 971. The molecule has 0 spiro atoms. The molecule has 1 aliphatic heterocycles. The number of aryl methyl sites for hydroxylation is 1. The summed E-state index contributed by atoms with van der Waals surface area (Å²) < 4.78 is 45.2. The van der Waals surface area contributed by atoms with E-state index in [9.17, 15) is 8.42 Å². The monoisotopic (exact) mass is 439 g/mol. The van der Waals surface area contributed by atoms with Gasteiger partial charge in [-0.3, -0.25) is 0 Å². The highest BCUT2D eigenvalue weighted by atomic mass is 35.5. The second-order valence-corrected chi connectivity index (χ2v) is 9.37. The Kier molecular flexibility index (Phi) is 6.73. The number of hydrogen-bond donors (Lipinski definition) is 1. The van der Waals surface area contributed by atoms with Crippen molar-refractivity contribution in [3.8, 4) is 11.5 Å². The van der Waals surface area contributed by atoms with Gasteiger partial charge in [-0.2, -0.15) is 0 Å². The smallest absolute Gasteiger partial charge is 0.240 e. The largest absolute Gasteiger partial charge is 0.497 e. The summed E-state index contributed by atoms with van der Waals surface area (Å²) in [5.41, 5.74) is 1.05.